The van der Waals surface area contributed by atoms with Crippen molar-refractivity contribution in [1.82, 2.24) is 0 Å². The average molecular weight is 355 g/mol. The molecule has 24 heavy (non-hydrogen) atoms. The molecule has 0 aliphatic rings. The molecule has 3 aromatic carbocycles. The molecule has 0 heterocycles. The van der Waals surface area contributed by atoms with Crippen LogP contribution in [-0.4, -0.2) is 5.16 Å². The Morgan fingerprint density at radius 2 is 0.792 bits per heavy atom. The molecule has 0 saturated heterocycles. The van der Waals surface area contributed by atoms with Crippen LogP contribution in [0.1, 0.15) is 20.8 Å². The molecule has 0 aliphatic carbocycles. The van der Waals surface area contributed by atoms with E-state index in [-0.39, 0.29) is 5.16 Å². The molecular weight excluding hydrogens is 331 g/mol. The van der Waals surface area contributed by atoms with Gasteiger partial charge in [0.1, 0.15) is 0 Å². The van der Waals surface area contributed by atoms with Gasteiger partial charge in [-0.2, -0.15) is 0 Å². The van der Waals surface area contributed by atoms with E-state index < -0.39 is 5.96 Å². The van der Waals surface area contributed by atoms with E-state index in [4.69, 9.17) is 11.2 Å². The molecule has 0 saturated carbocycles. The third kappa shape index (κ3) is 2.25. The Kier molecular flexibility index (Phi) is 4.32. The summed E-state index contributed by atoms with van der Waals surface area (Å²) < 4.78 is 0. The van der Waals surface area contributed by atoms with E-state index in [0.717, 1.165) is 0 Å². The summed E-state index contributed by atoms with van der Waals surface area (Å²) in [5.74, 6) is -3.17. The molecule has 2 heteroatoms. The monoisotopic (exact) mass is 354 g/mol. The van der Waals surface area contributed by atoms with Crippen LogP contribution >= 0.6 is 17.2 Å². The minimum absolute atomic E-state index is 0.142. The van der Waals surface area contributed by atoms with E-state index in [1.54, 1.807) is 0 Å². The maximum atomic E-state index is 7.98. The quantitative estimate of drug-likeness (QED) is 0.547. The third-order valence-electron chi connectivity index (χ3n) is 4.98. The first kappa shape index (κ1) is 17.2. The Balaban J connectivity index is 2.53. The zero-order valence-corrected chi connectivity index (χ0v) is 16.1. The Hall–Kier alpha value is -1.62. The summed E-state index contributed by atoms with van der Waals surface area (Å²) in [7, 11) is 0. The second kappa shape index (κ2) is 6.03. The summed E-state index contributed by atoms with van der Waals surface area (Å²) in [6.07, 6.45) is 0. The molecule has 0 atom stereocenters. The summed E-state index contributed by atoms with van der Waals surface area (Å²) >= 11 is 7.98. The second-order valence-electron chi connectivity index (χ2n) is 7.19. The molecule has 124 valence electrons. The van der Waals surface area contributed by atoms with Gasteiger partial charge < -0.3 is 0 Å². The van der Waals surface area contributed by atoms with Crippen molar-refractivity contribution in [3.05, 3.63) is 91.0 Å². The third-order valence-corrected chi connectivity index (χ3v) is 14.6. The SMILES string of the molecule is CC(C)(C)P(Cl)(c1ccccc1)(c1ccccc1)c1ccccc1. The molecule has 0 nitrogen and oxygen atoms in total. The maximum absolute atomic E-state index is 7.98. The molecule has 3 aromatic rings. The van der Waals surface area contributed by atoms with E-state index in [2.05, 4.69) is 112 Å². The molecule has 0 amide bonds. The Labute approximate surface area is 150 Å². The normalized spacial score (nSPS) is 13.9. The predicted octanol–water partition coefficient (Wildman–Crippen LogP) is 5.47. The van der Waals surface area contributed by atoms with E-state index >= 15 is 0 Å². The van der Waals surface area contributed by atoms with Gasteiger partial charge >= 0.3 is 150 Å². The summed E-state index contributed by atoms with van der Waals surface area (Å²) in [5.41, 5.74) is 0. The van der Waals surface area contributed by atoms with Crippen LogP contribution in [0.15, 0.2) is 91.0 Å². The van der Waals surface area contributed by atoms with Crippen molar-refractivity contribution in [2.45, 2.75) is 25.9 Å². The fourth-order valence-electron chi connectivity index (χ4n) is 3.73. The molecule has 3 rings (SSSR count). The summed E-state index contributed by atoms with van der Waals surface area (Å²) in [6.45, 7) is 6.81. The Bertz CT molecular complexity index is 705. The molecular formula is C22H24ClP. The number of hydrogen-bond acceptors (Lipinski definition) is 0. The van der Waals surface area contributed by atoms with Crippen LogP contribution in [-0.2, 0) is 0 Å². The zero-order valence-electron chi connectivity index (χ0n) is 14.5. The van der Waals surface area contributed by atoms with Crippen molar-refractivity contribution in [2.75, 3.05) is 0 Å². The van der Waals surface area contributed by atoms with Crippen molar-refractivity contribution in [1.29, 1.82) is 0 Å². The number of hydrogen-bond donors (Lipinski definition) is 0. The van der Waals surface area contributed by atoms with Gasteiger partial charge in [0, 0.05) is 0 Å². The van der Waals surface area contributed by atoms with Crippen LogP contribution in [0.2, 0.25) is 0 Å². The fourth-order valence-corrected chi connectivity index (χ4v) is 10.2. The van der Waals surface area contributed by atoms with E-state index in [1.165, 1.54) is 15.9 Å². The van der Waals surface area contributed by atoms with Gasteiger partial charge in [0.25, 0.3) is 0 Å². The first-order chi connectivity index (χ1) is 11.4. The number of benzene rings is 3. The van der Waals surface area contributed by atoms with Crippen LogP contribution < -0.4 is 15.9 Å². The molecule has 0 radical (unpaired) electrons. The van der Waals surface area contributed by atoms with Gasteiger partial charge in [-0.25, -0.2) is 0 Å². The molecule has 0 unspecified atom stereocenters. The van der Waals surface area contributed by atoms with Crippen LogP contribution in [0.25, 0.3) is 0 Å². The van der Waals surface area contributed by atoms with Crippen molar-refractivity contribution in [3.63, 3.8) is 0 Å². The molecule has 0 aliphatic heterocycles. The van der Waals surface area contributed by atoms with Gasteiger partial charge in [0.05, 0.1) is 0 Å². The fraction of sp³-hybridized carbons (Fsp3) is 0.182. The predicted molar refractivity (Wildman–Crippen MR) is 111 cm³/mol. The standard InChI is InChI=1S/C22H24ClP/c1-22(2,3)24(23,19-13-7-4-8-14-19,20-15-9-5-10-16-20)21-17-11-6-12-18-21/h4-18H,1-3H3. The summed E-state index contributed by atoms with van der Waals surface area (Å²) in [6, 6.07) is 31.9. The molecule has 0 fully saturated rings. The van der Waals surface area contributed by atoms with E-state index in [1.807, 2.05) is 0 Å². The topological polar surface area (TPSA) is 0 Å². The van der Waals surface area contributed by atoms with E-state index in [9.17, 15) is 0 Å². The molecule has 0 aromatic heterocycles. The van der Waals surface area contributed by atoms with Gasteiger partial charge in [-0.1, -0.05) is 0 Å². The molecule has 0 spiro atoms. The first-order valence-electron chi connectivity index (χ1n) is 8.30. The van der Waals surface area contributed by atoms with Crippen molar-refractivity contribution in [2.24, 2.45) is 0 Å². The van der Waals surface area contributed by atoms with Crippen LogP contribution in [0.4, 0.5) is 0 Å². The summed E-state index contributed by atoms with van der Waals surface area (Å²) in [5, 5.41) is 3.51. The number of halogens is 1. The van der Waals surface area contributed by atoms with Gasteiger partial charge in [0.2, 0.25) is 0 Å². The van der Waals surface area contributed by atoms with Gasteiger partial charge in [-0.15, -0.1) is 0 Å². The Morgan fingerprint density at radius 3 is 1.00 bits per heavy atom. The average Bonchev–Trinajstić information content (AvgIpc) is 2.62. The number of rotatable bonds is 3. The van der Waals surface area contributed by atoms with Crippen molar-refractivity contribution in [3.8, 4) is 0 Å². The van der Waals surface area contributed by atoms with Gasteiger partial charge in [-0.3, -0.25) is 0 Å². The van der Waals surface area contributed by atoms with Crippen molar-refractivity contribution >= 4 is 33.1 Å². The summed E-state index contributed by atoms with van der Waals surface area (Å²) in [4.78, 5) is 0. The van der Waals surface area contributed by atoms with E-state index in [0.29, 0.717) is 0 Å². The molecule has 0 N–H and O–H groups in total. The van der Waals surface area contributed by atoms with Crippen LogP contribution in [0.5, 0.6) is 0 Å². The second-order valence-corrected chi connectivity index (χ2v) is 14.1. The van der Waals surface area contributed by atoms with Crippen LogP contribution in [0.3, 0.4) is 0 Å². The van der Waals surface area contributed by atoms with Gasteiger partial charge in [-0.05, 0) is 0 Å². The van der Waals surface area contributed by atoms with Crippen molar-refractivity contribution < 1.29 is 0 Å². The van der Waals surface area contributed by atoms with Crippen LogP contribution in [0, 0.1) is 0 Å². The zero-order chi connectivity index (χ0) is 17.3. The molecule has 0 bridgehead atoms. The Morgan fingerprint density at radius 1 is 0.542 bits per heavy atom. The first-order valence-corrected chi connectivity index (χ1v) is 11.4. The van der Waals surface area contributed by atoms with Gasteiger partial charge in [0.15, 0.2) is 0 Å². The minimum atomic E-state index is -3.17.